The van der Waals surface area contributed by atoms with E-state index in [1.807, 2.05) is 6.42 Å². The average Bonchev–Trinajstić information content (AvgIpc) is 2.37. The van der Waals surface area contributed by atoms with Crippen molar-refractivity contribution in [3.8, 4) is 0 Å². The number of nitrogens with zero attached hydrogens (tertiary/aromatic N) is 1. The van der Waals surface area contributed by atoms with Gasteiger partial charge in [-0.25, -0.2) is 0 Å². The van der Waals surface area contributed by atoms with Gasteiger partial charge < -0.3 is 18.6 Å². The van der Waals surface area contributed by atoms with Crippen molar-refractivity contribution < 1.29 is 37.9 Å². The van der Waals surface area contributed by atoms with Crippen LogP contribution in [0.25, 0.3) is 0 Å². The van der Waals surface area contributed by atoms with Gasteiger partial charge in [0.15, 0.2) is 0 Å². The molecule has 0 aromatic carbocycles. The van der Waals surface area contributed by atoms with E-state index in [0.717, 1.165) is 31.4 Å². The van der Waals surface area contributed by atoms with E-state index in [1.165, 1.54) is 0 Å². The maximum Gasteiger partial charge on any atom is 0 e. The molecule has 1 aliphatic carbocycles. The first-order chi connectivity index (χ1) is 4.86. The summed E-state index contributed by atoms with van der Waals surface area (Å²) in [5.74, 6) is 0.614. The summed E-state index contributed by atoms with van der Waals surface area (Å²) in [5, 5.41) is 11.6. The molecule has 1 saturated carbocycles. The molecule has 1 radical (unpaired) electrons. The van der Waals surface area contributed by atoms with E-state index in [9.17, 15) is 0 Å². The van der Waals surface area contributed by atoms with Gasteiger partial charge in [0.25, 0.3) is 0 Å². The molecule has 1 rings (SSSR count). The molecule has 3 heteroatoms. The average molecular weight is 228 g/mol. The van der Waals surface area contributed by atoms with Crippen LogP contribution < -0.4 is 0 Å². The topological polar surface area (TPSA) is 32.6 Å². The van der Waals surface area contributed by atoms with Gasteiger partial charge in [0, 0.05) is 32.7 Å². The quantitative estimate of drug-likeness (QED) is 0.438. The first kappa shape index (κ1) is 11.4. The summed E-state index contributed by atoms with van der Waals surface area (Å²) in [6.07, 6.45) is 6.21. The molecular formula is C8H13NOY-2. The minimum absolute atomic E-state index is 0. The van der Waals surface area contributed by atoms with Gasteiger partial charge in [-0.05, 0) is 6.42 Å². The fourth-order valence-electron chi connectivity index (χ4n) is 1.35. The summed E-state index contributed by atoms with van der Waals surface area (Å²) in [6.45, 7) is 3.78. The smallest absolute Gasteiger partial charge is 0 e. The van der Waals surface area contributed by atoms with Gasteiger partial charge in [-0.15, -0.1) is 11.6 Å². The minimum atomic E-state index is 0. The van der Waals surface area contributed by atoms with E-state index >= 15 is 0 Å². The largest absolute Gasteiger partial charge is 0.413 e. The van der Waals surface area contributed by atoms with Gasteiger partial charge >= 0.3 is 0 Å². The Kier molecular flexibility index (Phi) is 6.26. The van der Waals surface area contributed by atoms with Gasteiger partial charge in [-0.2, -0.15) is 12.3 Å². The van der Waals surface area contributed by atoms with Gasteiger partial charge in [0.05, 0.1) is 0 Å². The molecule has 1 atom stereocenters. The second-order valence-corrected chi connectivity index (χ2v) is 2.70. The van der Waals surface area contributed by atoms with Crippen LogP contribution >= 0.6 is 0 Å². The first-order valence-electron chi connectivity index (χ1n) is 3.72. The van der Waals surface area contributed by atoms with E-state index in [0.29, 0.717) is 5.92 Å². The van der Waals surface area contributed by atoms with Crippen molar-refractivity contribution in [1.29, 1.82) is 0 Å². The van der Waals surface area contributed by atoms with Gasteiger partial charge in [0.2, 0.25) is 0 Å². The summed E-state index contributed by atoms with van der Waals surface area (Å²) < 4.78 is 0. The normalized spacial score (nSPS) is 26.3. The monoisotopic (exact) mass is 228 g/mol. The van der Waals surface area contributed by atoms with Crippen LogP contribution in [-0.4, -0.2) is 10.9 Å². The standard InChI is InChI=1S/C8H13NO.Y/c1-2-3-7-4-5-8(6-7)9-10;/h6-7,10H,1-5H2;/q-2;/b9-8+;/t7-;/m0./s1. The van der Waals surface area contributed by atoms with Crippen LogP contribution in [0.2, 0.25) is 0 Å². The summed E-state index contributed by atoms with van der Waals surface area (Å²) in [7, 11) is 0. The zero-order chi connectivity index (χ0) is 7.40. The molecule has 11 heavy (non-hydrogen) atoms. The number of hydrogen-bond acceptors (Lipinski definition) is 2. The summed E-state index contributed by atoms with van der Waals surface area (Å²) in [4.78, 5) is 0. The van der Waals surface area contributed by atoms with Crippen molar-refractivity contribution in [2.24, 2.45) is 11.1 Å². The predicted molar refractivity (Wildman–Crippen MR) is 40.8 cm³/mol. The van der Waals surface area contributed by atoms with E-state index in [2.05, 4.69) is 12.1 Å². The summed E-state index contributed by atoms with van der Waals surface area (Å²) in [5.41, 5.74) is 0.846. The number of rotatable bonds is 2. The predicted octanol–water partition coefficient (Wildman–Crippen LogP) is 2.04. The second kappa shape index (κ2) is 6.02. The Morgan fingerprint density at radius 3 is 2.91 bits per heavy atom. The van der Waals surface area contributed by atoms with Crippen LogP contribution in [-0.2, 0) is 32.7 Å². The van der Waals surface area contributed by atoms with Gasteiger partial charge in [-0.3, -0.25) is 0 Å². The van der Waals surface area contributed by atoms with Crippen molar-refractivity contribution in [3.63, 3.8) is 0 Å². The zero-order valence-corrected chi connectivity index (χ0v) is 9.50. The molecule has 1 fully saturated rings. The molecule has 61 valence electrons. The van der Waals surface area contributed by atoms with Crippen LogP contribution in [0.3, 0.4) is 0 Å². The Balaban J connectivity index is 0.000001000. The molecule has 0 aromatic heterocycles. The maximum atomic E-state index is 8.39. The summed E-state index contributed by atoms with van der Waals surface area (Å²) in [6, 6.07) is 0. The third-order valence-electron chi connectivity index (χ3n) is 1.90. The van der Waals surface area contributed by atoms with E-state index in [1.54, 1.807) is 0 Å². The fourth-order valence-corrected chi connectivity index (χ4v) is 1.35. The Morgan fingerprint density at radius 1 is 1.73 bits per heavy atom. The fraction of sp³-hybridized carbons (Fsp3) is 0.625. The van der Waals surface area contributed by atoms with Gasteiger partial charge in [-0.1, -0.05) is 12.1 Å². The third kappa shape index (κ3) is 3.57. The van der Waals surface area contributed by atoms with Crippen molar-refractivity contribution >= 4 is 5.71 Å². The molecule has 0 aromatic rings. The molecule has 0 saturated heterocycles. The molecule has 1 N–H and O–H groups in total. The molecule has 0 bridgehead atoms. The molecule has 0 amide bonds. The molecule has 0 aliphatic heterocycles. The molecule has 1 aliphatic rings. The minimum Gasteiger partial charge on any atom is -0.413 e. The zero-order valence-electron chi connectivity index (χ0n) is 6.66. The number of hydrogen-bond donors (Lipinski definition) is 1. The van der Waals surface area contributed by atoms with Gasteiger partial charge in [0.1, 0.15) is 0 Å². The van der Waals surface area contributed by atoms with E-state index in [-0.39, 0.29) is 32.7 Å². The molecule has 0 spiro atoms. The molecule has 0 heterocycles. The van der Waals surface area contributed by atoms with Crippen LogP contribution in [0.4, 0.5) is 0 Å². The molecule has 0 unspecified atom stereocenters. The molecular weight excluding hydrogens is 215 g/mol. The Labute approximate surface area is 93.3 Å². The Morgan fingerprint density at radius 2 is 2.45 bits per heavy atom. The van der Waals surface area contributed by atoms with Crippen LogP contribution in [0.1, 0.15) is 25.7 Å². The SMILES string of the molecule is [CH2-]CC[C@@H]1[CH-]/C(=N/O)CC1.[Y]. The van der Waals surface area contributed by atoms with Crippen molar-refractivity contribution in [2.45, 2.75) is 25.7 Å². The summed E-state index contributed by atoms with van der Waals surface area (Å²) >= 11 is 0. The molecule has 2 nitrogen and oxygen atoms in total. The number of oxime groups is 1. The van der Waals surface area contributed by atoms with Crippen LogP contribution in [0, 0.1) is 19.3 Å². The van der Waals surface area contributed by atoms with Crippen molar-refractivity contribution in [1.82, 2.24) is 0 Å². The van der Waals surface area contributed by atoms with Crippen LogP contribution in [0.5, 0.6) is 0 Å². The van der Waals surface area contributed by atoms with Crippen molar-refractivity contribution in [2.75, 3.05) is 0 Å². The maximum absolute atomic E-state index is 8.39. The van der Waals surface area contributed by atoms with E-state index in [4.69, 9.17) is 5.21 Å². The van der Waals surface area contributed by atoms with E-state index < -0.39 is 0 Å². The second-order valence-electron chi connectivity index (χ2n) is 2.70. The van der Waals surface area contributed by atoms with Crippen LogP contribution in [0.15, 0.2) is 5.16 Å². The first-order valence-corrected chi connectivity index (χ1v) is 3.72. The Hall–Kier alpha value is 0.444. The Bertz CT molecular complexity index is 136. The van der Waals surface area contributed by atoms with Crippen molar-refractivity contribution in [3.05, 3.63) is 13.3 Å². The third-order valence-corrected chi connectivity index (χ3v) is 1.90.